The summed E-state index contributed by atoms with van der Waals surface area (Å²) in [6.07, 6.45) is -5.35. The minimum absolute atomic E-state index is 0.188. The van der Waals surface area contributed by atoms with E-state index in [-0.39, 0.29) is 28.1 Å². The molecule has 7 rings (SSSR count). The van der Waals surface area contributed by atoms with Crippen LogP contribution in [0.1, 0.15) is 42.2 Å². The fraction of sp³-hybridized carbons (Fsp3) is 0.175. The number of hydrogen-bond acceptors (Lipinski definition) is 11. The maximum absolute atomic E-state index is 13.9. The van der Waals surface area contributed by atoms with Crippen LogP contribution in [-0.4, -0.2) is 54.0 Å². The summed E-state index contributed by atoms with van der Waals surface area (Å²) in [5, 5.41) is 13.2. The van der Waals surface area contributed by atoms with Gasteiger partial charge in [0, 0.05) is 20.4 Å². The zero-order valence-electron chi connectivity index (χ0n) is 28.3. The molecule has 268 valence electrons. The summed E-state index contributed by atoms with van der Waals surface area (Å²) in [6, 6.07) is 31.6. The summed E-state index contributed by atoms with van der Waals surface area (Å²) < 4.78 is 24.7. The van der Waals surface area contributed by atoms with E-state index in [0.29, 0.717) is 26.1 Å². The lowest BCUT2D eigenvalue weighted by Crippen LogP contribution is -2.47. The minimum atomic E-state index is -1.42. The Bertz CT molecular complexity index is 2210. The summed E-state index contributed by atoms with van der Waals surface area (Å²) in [6.45, 7) is 3.06. The molecule has 1 saturated heterocycles. The van der Waals surface area contributed by atoms with Crippen molar-refractivity contribution in [2.45, 2.75) is 48.2 Å². The first-order valence-corrected chi connectivity index (χ1v) is 17.7. The normalized spacial score (nSPS) is 18.7. The van der Waals surface area contributed by atoms with Crippen molar-refractivity contribution < 1.29 is 38.3 Å². The number of nitro groups is 1. The van der Waals surface area contributed by atoms with E-state index in [2.05, 4.69) is 0 Å². The van der Waals surface area contributed by atoms with Crippen molar-refractivity contribution in [3.63, 3.8) is 0 Å². The van der Waals surface area contributed by atoms with E-state index in [1.54, 1.807) is 127 Å². The number of ether oxygens (including phenoxy) is 4. The Balaban J connectivity index is 1.39. The molecule has 0 amide bonds. The van der Waals surface area contributed by atoms with Gasteiger partial charge >= 0.3 is 17.9 Å². The number of anilines is 2. The molecule has 0 radical (unpaired) electrons. The van der Waals surface area contributed by atoms with E-state index in [9.17, 15) is 24.5 Å². The van der Waals surface area contributed by atoms with Crippen LogP contribution in [0.15, 0.2) is 125 Å². The van der Waals surface area contributed by atoms with Gasteiger partial charge in [0.05, 0.1) is 27.3 Å². The molecule has 2 heterocycles. The number of carbonyl (C=O) groups is 3. The highest BCUT2D eigenvalue weighted by atomic mass is 35.5. The summed E-state index contributed by atoms with van der Waals surface area (Å²) >= 11 is 7.89. The van der Waals surface area contributed by atoms with Gasteiger partial charge in [-0.2, -0.15) is 0 Å². The van der Waals surface area contributed by atoms with Crippen molar-refractivity contribution in [2.75, 3.05) is 11.5 Å². The van der Waals surface area contributed by atoms with Crippen molar-refractivity contribution in [3.8, 4) is 0 Å². The SMILES string of the molecule is Cc1cc(C)c([N+](=O)[O-])c2c1Sc1ccc(Cl)cc1N2[C@@H]1O[C@H](COC(=O)c2ccccc2)[C@@H](OC(=O)c2ccccc2)[C@H]1OC(=O)c1ccccc1. The average Bonchev–Trinajstić information content (AvgIpc) is 3.49. The second kappa shape index (κ2) is 15.1. The third kappa shape index (κ3) is 7.21. The van der Waals surface area contributed by atoms with Crippen molar-refractivity contribution in [1.29, 1.82) is 0 Å². The van der Waals surface area contributed by atoms with Gasteiger partial charge in [-0.1, -0.05) is 78.0 Å². The second-order valence-corrected chi connectivity index (χ2v) is 13.9. The smallest absolute Gasteiger partial charge is 0.338 e. The molecule has 2 aliphatic rings. The Morgan fingerprint density at radius 2 is 1.32 bits per heavy atom. The highest BCUT2D eigenvalue weighted by molar-refractivity contribution is 7.99. The standard InChI is InChI=1S/C40H31ClN2O9S/c1-23-20-24(2)36-33(32(23)43(47)48)42(29-21-28(41)18-19-31(29)53-36)37-35(52-40(46)27-16-10-5-11-17-27)34(51-39(45)26-14-8-4-9-15-26)30(50-37)22-49-38(44)25-12-6-3-7-13-25/h3-21,30,34-35,37H,22H2,1-2H3/t30-,34-,35-,37-/m1/s1. The molecule has 0 saturated carbocycles. The number of nitrogens with zero attached hydrogens (tertiary/aromatic N) is 2. The topological polar surface area (TPSA) is 135 Å². The average molecular weight is 751 g/mol. The van der Waals surface area contributed by atoms with Crippen LogP contribution >= 0.6 is 23.4 Å². The van der Waals surface area contributed by atoms with Crippen LogP contribution in [0.25, 0.3) is 0 Å². The van der Waals surface area contributed by atoms with E-state index in [1.165, 1.54) is 11.8 Å². The van der Waals surface area contributed by atoms with Gasteiger partial charge in [0.2, 0.25) is 0 Å². The number of hydrogen-bond donors (Lipinski definition) is 0. The highest BCUT2D eigenvalue weighted by Crippen LogP contribution is 2.56. The monoisotopic (exact) mass is 750 g/mol. The van der Waals surface area contributed by atoms with Gasteiger partial charge in [-0.15, -0.1) is 0 Å². The van der Waals surface area contributed by atoms with Crippen LogP contribution in [0.5, 0.6) is 0 Å². The Morgan fingerprint density at radius 1 is 0.774 bits per heavy atom. The van der Waals surface area contributed by atoms with E-state index >= 15 is 0 Å². The number of esters is 3. The number of fused-ring (bicyclic) bond motifs is 2. The molecule has 13 heteroatoms. The Hall–Kier alpha value is -5.69. The van der Waals surface area contributed by atoms with E-state index in [4.69, 9.17) is 30.5 Å². The predicted octanol–water partition coefficient (Wildman–Crippen LogP) is 8.50. The number of carbonyl (C=O) groups excluding carboxylic acids is 3. The molecule has 11 nitrogen and oxygen atoms in total. The largest absolute Gasteiger partial charge is 0.459 e. The van der Waals surface area contributed by atoms with Crippen molar-refractivity contribution in [3.05, 3.63) is 158 Å². The molecule has 0 aromatic heterocycles. The van der Waals surface area contributed by atoms with Gasteiger partial charge in [-0.25, -0.2) is 14.4 Å². The highest BCUT2D eigenvalue weighted by Gasteiger charge is 2.55. The molecular weight excluding hydrogens is 720 g/mol. The lowest BCUT2D eigenvalue weighted by Gasteiger charge is -2.38. The third-order valence-electron chi connectivity index (χ3n) is 8.85. The molecule has 0 bridgehead atoms. The summed E-state index contributed by atoms with van der Waals surface area (Å²) in [5.74, 6) is -2.18. The van der Waals surface area contributed by atoms with Crippen LogP contribution < -0.4 is 4.90 Å². The Kier molecular flexibility index (Phi) is 10.2. The molecule has 2 aliphatic heterocycles. The lowest BCUT2D eigenvalue weighted by molar-refractivity contribution is -0.384. The van der Waals surface area contributed by atoms with Crippen LogP contribution in [0.4, 0.5) is 17.1 Å². The zero-order valence-corrected chi connectivity index (χ0v) is 29.9. The van der Waals surface area contributed by atoms with Crippen molar-refractivity contribution in [2.24, 2.45) is 0 Å². The number of halogens is 1. The number of rotatable bonds is 9. The van der Waals surface area contributed by atoms with E-state index in [1.807, 2.05) is 6.92 Å². The zero-order chi connectivity index (χ0) is 37.2. The first-order valence-electron chi connectivity index (χ1n) is 16.6. The van der Waals surface area contributed by atoms with Crippen LogP contribution in [0.3, 0.4) is 0 Å². The van der Waals surface area contributed by atoms with Gasteiger partial charge in [-0.05, 0) is 80.1 Å². The van der Waals surface area contributed by atoms with Gasteiger partial charge < -0.3 is 23.8 Å². The molecule has 5 aromatic carbocycles. The second-order valence-electron chi connectivity index (χ2n) is 12.4. The third-order valence-corrected chi connectivity index (χ3v) is 10.4. The molecule has 0 N–H and O–H groups in total. The van der Waals surface area contributed by atoms with E-state index in [0.717, 1.165) is 5.56 Å². The summed E-state index contributed by atoms with van der Waals surface area (Å²) in [7, 11) is 0. The summed E-state index contributed by atoms with van der Waals surface area (Å²) in [5.41, 5.74) is 2.26. The maximum Gasteiger partial charge on any atom is 0.338 e. The number of nitro benzene ring substituents is 1. The maximum atomic E-state index is 13.9. The fourth-order valence-corrected chi connectivity index (χ4v) is 7.74. The van der Waals surface area contributed by atoms with Gasteiger partial charge in [-0.3, -0.25) is 10.1 Å². The summed E-state index contributed by atoms with van der Waals surface area (Å²) in [4.78, 5) is 55.9. The van der Waals surface area contributed by atoms with Gasteiger partial charge in [0.25, 0.3) is 5.69 Å². The molecule has 4 atom stereocenters. The molecule has 0 spiro atoms. The van der Waals surface area contributed by atoms with E-state index < -0.39 is 54.0 Å². The van der Waals surface area contributed by atoms with Gasteiger partial charge in [0.1, 0.15) is 18.4 Å². The number of benzene rings is 5. The van der Waals surface area contributed by atoms with Gasteiger partial charge in [0.15, 0.2) is 18.4 Å². The molecular formula is C40H31ClN2O9S. The minimum Gasteiger partial charge on any atom is -0.459 e. The van der Waals surface area contributed by atoms with Crippen LogP contribution in [0, 0.1) is 24.0 Å². The predicted molar refractivity (Wildman–Crippen MR) is 197 cm³/mol. The number of aryl methyl sites for hydroxylation is 2. The molecule has 53 heavy (non-hydrogen) atoms. The Morgan fingerprint density at radius 3 is 1.89 bits per heavy atom. The quantitative estimate of drug-likeness (QED) is 0.0621. The molecule has 1 fully saturated rings. The van der Waals surface area contributed by atoms with Crippen molar-refractivity contribution in [1.82, 2.24) is 0 Å². The first-order chi connectivity index (χ1) is 25.6. The fourth-order valence-electron chi connectivity index (χ4n) is 6.45. The molecule has 5 aromatic rings. The molecule has 0 aliphatic carbocycles. The molecule has 0 unspecified atom stereocenters. The van der Waals surface area contributed by atoms with Crippen molar-refractivity contribution >= 4 is 58.3 Å². The lowest BCUT2D eigenvalue weighted by atomic mass is 10.0. The van der Waals surface area contributed by atoms with Crippen LogP contribution in [-0.2, 0) is 18.9 Å². The first kappa shape index (κ1) is 35.7. The Labute approximate surface area is 313 Å². The van der Waals surface area contributed by atoms with Crippen LogP contribution in [0.2, 0.25) is 5.02 Å².